The van der Waals surface area contributed by atoms with Crippen molar-refractivity contribution in [1.82, 2.24) is 0 Å². The lowest BCUT2D eigenvalue weighted by molar-refractivity contribution is 1.07. The average Bonchev–Trinajstić information content (AvgIpc) is 3.36. The monoisotopic (exact) mass is 1010 g/mol. The first kappa shape index (κ1) is 50.6. The minimum Gasteiger partial charge on any atom is -0.310 e. The maximum absolute atomic E-state index is 2.59. The van der Waals surface area contributed by atoms with Gasteiger partial charge in [-0.25, -0.2) is 0 Å². The van der Waals surface area contributed by atoms with Gasteiger partial charge in [-0.3, -0.25) is 0 Å². The number of hydrogen-bond acceptors (Lipinski definition) is 2. The molecule has 0 fully saturated rings. The van der Waals surface area contributed by atoms with Crippen LogP contribution in [-0.4, -0.2) is 0 Å². The molecule has 0 saturated heterocycles. The van der Waals surface area contributed by atoms with E-state index in [9.17, 15) is 0 Å². The number of fused-ring (bicyclic) bond motifs is 2. The van der Waals surface area contributed by atoms with Crippen LogP contribution in [0.5, 0.6) is 0 Å². The summed E-state index contributed by atoms with van der Waals surface area (Å²) in [4.78, 5) is 5.18. The molecule has 12 aromatic rings. The molecule has 2 nitrogen and oxygen atoms in total. The Morgan fingerprint density at radius 1 is 0.269 bits per heavy atom. The Morgan fingerprint density at radius 3 is 0.821 bits per heavy atom. The van der Waals surface area contributed by atoms with Crippen LogP contribution in [0, 0.1) is 55.4 Å². The van der Waals surface area contributed by atoms with E-state index in [1.807, 2.05) is 0 Å². The fourth-order valence-electron chi connectivity index (χ4n) is 14.0. The van der Waals surface area contributed by atoms with Crippen molar-refractivity contribution in [1.29, 1.82) is 0 Å². The number of benzene rings is 12. The van der Waals surface area contributed by atoms with Crippen molar-refractivity contribution >= 4 is 88.0 Å². The van der Waals surface area contributed by atoms with E-state index in [1.54, 1.807) is 0 Å². The summed E-state index contributed by atoms with van der Waals surface area (Å²) in [5.41, 5.74) is 28.2. The zero-order valence-electron chi connectivity index (χ0n) is 47.9. The molecule has 0 aliphatic heterocycles. The Hall–Kier alpha value is -8.20. The molecule has 0 amide bonds. The lowest BCUT2D eigenvalue weighted by Gasteiger charge is -2.32. The first-order valence-electron chi connectivity index (χ1n) is 28.6. The molecule has 0 N–H and O–H groups in total. The fourth-order valence-corrected chi connectivity index (χ4v) is 14.0. The Balaban J connectivity index is 1.28. The van der Waals surface area contributed by atoms with E-state index in [-0.39, 0.29) is 0 Å². The lowest BCUT2D eigenvalue weighted by Crippen LogP contribution is -2.14. The van der Waals surface area contributed by atoms with Crippen LogP contribution in [0.2, 0.25) is 0 Å². The third-order valence-corrected chi connectivity index (χ3v) is 17.6. The largest absolute Gasteiger partial charge is 0.310 e. The molecule has 0 aliphatic rings. The first-order valence-corrected chi connectivity index (χ1v) is 28.6. The average molecular weight is 1010 g/mol. The molecule has 0 radical (unpaired) electrons. The van der Waals surface area contributed by atoms with Gasteiger partial charge in [0.1, 0.15) is 0 Å². The van der Waals surface area contributed by atoms with Crippen LogP contribution in [0.3, 0.4) is 0 Å². The highest BCUT2D eigenvalue weighted by Crippen LogP contribution is 2.53. The smallest absolute Gasteiger partial charge is 0.0546 e. The second-order valence-corrected chi connectivity index (χ2v) is 22.4. The highest BCUT2D eigenvalue weighted by atomic mass is 15.2. The molecule has 12 rings (SSSR count). The van der Waals surface area contributed by atoms with Gasteiger partial charge in [0.2, 0.25) is 0 Å². The van der Waals surface area contributed by atoms with E-state index in [0.717, 1.165) is 25.7 Å². The van der Waals surface area contributed by atoms with Gasteiger partial charge < -0.3 is 9.80 Å². The maximum atomic E-state index is 2.59. The van der Waals surface area contributed by atoms with E-state index < -0.39 is 0 Å². The molecule has 0 saturated carbocycles. The highest BCUT2D eigenvalue weighted by molar-refractivity contribution is 6.32. The second-order valence-electron chi connectivity index (χ2n) is 22.4. The summed E-state index contributed by atoms with van der Waals surface area (Å²) < 4.78 is 0. The maximum Gasteiger partial charge on any atom is 0.0546 e. The minimum atomic E-state index is 0.995. The van der Waals surface area contributed by atoms with Gasteiger partial charge in [0, 0.05) is 44.3 Å². The topological polar surface area (TPSA) is 6.48 Å². The summed E-state index contributed by atoms with van der Waals surface area (Å²) in [6.07, 6.45) is 3.98. The summed E-state index contributed by atoms with van der Waals surface area (Å²) >= 11 is 0. The van der Waals surface area contributed by atoms with Crippen molar-refractivity contribution in [3.63, 3.8) is 0 Å². The molecule has 0 aromatic heterocycles. The fraction of sp³-hybridized carbons (Fsp3) is 0.211. The number of anilines is 6. The quantitative estimate of drug-likeness (QED) is 0.113. The van der Waals surface area contributed by atoms with Gasteiger partial charge in [0.05, 0.1) is 11.4 Å². The van der Waals surface area contributed by atoms with E-state index in [2.05, 4.69) is 263 Å². The Kier molecular flexibility index (Phi) is 13.0. The van der Waals surface area contributed by atoms with Crippen LogP contribution in [0.4, 0.5) is 34.1 Å². The van der Waals surface area contributed by atoms with Crippen molar-refractivity contribution in [3.8, 4) is 22.3 Å². The Bertz CT molecular complexity index is 3870. The van der Waals surface area contributed by atoms with Crippen LogP contribution in [0.15, 0.2) is 170 Å². The van der Waals surface area contributed by atoms with Gasteiger partial charge in [-0.1, -0.05) is 125 Å². The number of nitrogens with zero attached hydrogens (tertiary/aromatic N) is 2. The normalized spacial score (nSPS) is 11.8. The summed E-state index contributed by atoms with van der Waals surface area (Å²) in [7, 11) is 0. The van der Waals surface area contributed by atoms with Crippen LogP contribution in [0.25, 0.3) is 76.1 Å². The molecule has 0 aliphatic carbocycles. The predicted molar refractivity (Wildman–Crippen MR) is 341 cm³/mol. The van der Waals surface area contributed by atoms with Crippen molar-refractivity contribution in [2.75, 3.05) is 9.80 Å². The SMILES string of the molecule is CCc1c(C)cc(N(c2cc(C)c(CC)c(C)c2)c2cc(-c3ccc4ccccc4c3)c3ccc4c(N(c5cc(C)c(CC)c(C)c5)c5cc(C)c(CC)c(C)c5)cc(-c5ccc6ccccc6c5)c5ccc2c3c54)cc1C. The van der Waals surface area contributed by atoms with Gasteiger partial charge >= 0.3 is 0 Å². The zero-order chi connectivity index (χ0) is 54.3. The van der Waals surface area contributed by atoms with Gasteiger partial charge in [-0.05, 0) is 275 Å². The standard InChI is InChI=1S/C76H72N2/c1-13-63-45(5)33-59(34-46(63)6)77(60-35-47(7)64(14-2)48(8)36-60)73-43-71(57-27-25-53-21-17-19-23-55(53)41-57)67-30-32-70-74(78(61-37-49(9)65(15-3)50(10)38-61)62-39-51(11)66(16-4)52(12)40-62)44-72(68-29-31-69(73)75(67)76(68)70)58-28-26-54-22-18-20-24-56(54)42-58/h17-44H,13-16H2,1-12H3. The van der Waals surface area contributed by atoms with Crippen LogP contribution >= 0.6 is 0 Å². The Morgan fingerprint density at radius 2 is 0.538 bits per heavy atom. The molecular formula is C76H72N2. The molecule has 0 unspecified atom stereocenters. The molecule has 0 heterocycles. The minimum absolute atomic E-state index is 0.995. The van der Waals surface area contributed by atoms with Crippen molar-refractivity contribution in [2.45, 2.75) is 109 Å². The van der Waals surface area contributed by atoms with Crippen molar-refractivity contribution in [3.05, 3.63) is 237 Å². The van der Waals surface area contributed by atoms with E-state index in [0.29, 0.717) is 0 Å². The summed E-state index contributed by atoms with van der Waals surface area (Å²) in [5, 5.41) is 12.4. The van der Waals surface area contributed by atoms with Gasteiger partial charge in [-0.2, -0.15) is 0 Å². The molecule has 2 heteroatoms. The highest BCUT2D eigenvalue weighted by Gasteiger charge is 2.28. The first-order chi connectivity index (χ1) is 37.8. The van der Waals surface area contributed by atoms with Crippen LogP contribution in [-0.2, 0) is 25.7 Å². The lowest BCUT2D eigenvalue weighted by atomic mass is 9.84. The third kappa shape index (κ3) is 8.40. The van der Waals surface area contributed by atoms with Crippen molar-refractivity contribution < 1.29 is 0 Å². The number of hydrogen-bond donors (Lipinski definition) is 0. The molecule has 0 atom stereocenters. The van der Waals surface area contributed by atoms with Gasteiger partial charge in [-0.15, -0.1) is 0 Å². The molecular weight excluding hydrogens is 941 g/mol. The molecule has 0 spiro atoms. The van der Waals surface area contributed by atoms with Crippen LogP contribution in [0.1, 0.15) is 94.5 Å². The van der Waals surface area contributed by atoms with Crippen molar-refractivity contribution in [2.24, 2.45) is 0 Å². The molecule has 12 aromatic carbocycles. The van der Waals surface area contributed by atoms with E-state index >= 15 is 0 Å². The van der Waals surface area contributed by atoms with E-state index in [4.69, 9.17) is 0 Å². The number of rotatable bonds is 12. The van der Waals surface area contributed by atoms with Crippen LogP contribution < -0.4 is 9.80 Å². The van der Waals surface area contributed by atoms with Gasteiger partial charge in [0.25, 0.3) is 0 Å². The zero-order valence-corrected chi connectivity index (χ0v) is 47.9. The molecule has 0 bridgehead atoms. The van der Waals surface area contributed by atoms with Gasteiger partial charge in [0.15, 0.2) is 0 Å². The summed E-state index contributed by atoms with van der Waals surface area (Å²) in [5.74, 6) is 0. The molecule has 386 valence electrons. The third-order valence-electron chi connectivity index (χ3n) is 17.6. The second kappa shape index (κ2) is 20.0. The summed E-state index contributed by atoms with van der Waals surface area (Å²) in [6, 6.07) is 66.0. The number of aryl methyl sites for hydroxylation is 8. The summed E-state index contributed by atoms with van der Waals surface area (Å²) in [6.45, 7) is 27.5. The van der Waals surface area contributed by atoms with E-state index in [1.165, 1.54) is 177 Å². The Labute approximate surface area is 463 Å². The molecule has 78 heavy (non-hydrogen) atoms. The predicted octanol–water partition coefficient (Wildman–Crippen LogP) is 21.9.